The maximum absolute atomic E-state index is 13.1. The predicted molar refractivity (Wildman–Crippen MR) is 123 cm³/mol. The molecular formula is C25H22N2O4. The number of rotatable bonds is 6. The van der Waals surface area contributed by atoms with Crippen molar-refractivity contribution in [1.29, 1.82) is 0 Å². The molecule has 0 saturated carbocycles. The van der Waals surface area contributed by atoms with Crippen molar-refractivity contribution in [2.45, 2.75) is 6.92 Å². The number of nitrogens with zero attached hydrogens (tertiary/aromatic N) is 2. The molecule has 0 unspecified atom stereocenters. The van der Waals surface area contributed by atoms with Crippen molar-refractivity contribution in [2.24, 2.45) is 4.99 Å². The van der Waals surface area contributed by atoms with E-state index in [0.29, 0.717) is 40.1 Å². The van der Waals surface area contributed by atoms with E-state index in [1.807, 2.05) is 37.3 Å². The molecule has 0 aliphatic heterocycles. The molecule has 1 N–H and O–H groups in total. The van der Waals surface area contributed by atoms with Crippen molar-refractivity contribution < 1.29 is 14.6 Å². The van der Waals surface area contributed by atoms with Crippen molar-refractivity contribution >= 4 is 22.7 Å². The molecule has 0 aliphatic rings. The topological polar surface area (TPSA) is 73.1 Å². The largest absolute Gasteiger partial charge is 0.497 e. The summed E-state index contributed by atoms with van der Waals surface area (Å²) in [4.78, 5) is 17.6. The molecule has 0 amide bonds. The Morgan fingerprint density at radius 3 is 2.23 bits per heavy atom. The van der Waals surface area contributed by atoms with Gasteiger partial charge in [0.25, 0.3) is 5.56 Å². The van der Waals surface area contributed by atoms with Crippen LogP contribution in [0.2, 0.25) is 0 Å². The van der Waals surface area contributed by atoms with Crippen LogP contribution in [0.15, 0.2) is 82.6 Å². The molecule has 0 bridgehead atoms. The van der Waals surface area contributed by atoms with Gasteiger partial charge in [-0.2, -0.15) is 0 Å². The number of fused-ring (bicyclic) bond motifs is 1. The first-order valence-electron chi connectivity index (χ1n) is 9.90. The molecule has 1 heterocycles. The summed E-state index contributed by atoms with van der Waals surface area (Å²) < 4.78 is 11.9. The van der Waals surface area contributed by atoms with E-state index in [1.165, 1.54) is 4.57 Å². The van der Waals surface area contributed by atoms with Crippen LogP contribution in [0, 0.1) is 0 Å². The van der Waals surface area contributed by atoms with Gasteiger partial charge in [0.15, 0.2) is 0 Å². The summed E-state index contributed by atoms with van der Waals surface area (Å²) in [5, 5.41) is 12.2. The zero-order valence-corrected chi connectivity index (χ0v) is 17.3. The van der Waals surface area contributed by atoms with Crippen LogP contribution in [-0.4, -0.2) is 29.6 Å². The lowest BCUT2D eigenvalue weighted by molar-refractivity contribution is 0.340. The van der Waals surface area contributed by atoms with Crippen LogP contribution in [0.5, 0.6) is 17.4 Å². The summed E-state index contributed by atoms with van der Waals surface area (Å²) in [5.41, 5.74) is 1.38. The van der Waals surface area contributed by atoms with Crippen LogP contribution >= 0.6 is 0 Å². The van der Waals surface area contributed by atoms with Gasteiger partial charge < -0.3 is 14.6 Å². The van der Waals surface area contributed by atoms with Crippen LogP contribution in [0.25, 0.3) is 16.5 Å². The van der Waals surface area contributed by atoms with Gasteiger partial charge in [-0.3, -0.25) is 9.79 Å². The van der Waals surface area contributed by atoms with E-state index < -0.39 is 0 Å². The number of aromatic hydroxyl groups is 1. The van der Waals surface area contributed by atoms with Crippen molar-refractivity contribution in [1.82, 2.24) is 4.57 Å². The average molecular weight is 414 g/mol. The quantitative estimate of drug-likeness (QED) is 0.458. The minimum absolute atomic E-state index is 0.177. The average Bonchev–Trinajstić information content (AvgIpc) is 2.81. The van der Waals surface area contributed by atoms with E-state index >= 15 is 0 Å². The Labute approximate surface area is 179 Å². The molecular weight excluding hydrogens is 392 g/mol. The third-order valence-corrected chi connectivity index (χ3v) is 4.92. The zero-order chi connectivity index (χ0) is 21.8. The second-order valence-corrected chi connectivity index (χ2v) is 6.81. The van der Waals surface area contributed by atoms with E-state index in [0.717, 1.165) is 5.75 Å². The summed E-state index contributed by atoms with van der Waals surface area (Å²) in [6, 6.07) is 21.4. The van der Waals surface area contributed by atoms with Crippen LogP contribution in [0.4, 0.5) is 5.69 Å². The van der Waals surface area contributed by atoms with E-state index in [2.05, 4.69) is 4.99 Å². The monoisotopic (exact) mass is 414 g/mol. The smallest absolute Gasteiger partial charge is 0.265 e. The molecule has 31 heavy (non-hydrogen) atoms. The minimum Gasteiger partial charge on any atom is -0.497 e. The first-order valence-corrected chi connectivity index (χ1v) is 9.90. The third-order valence-electron chi connectivity index (χ3n) is 4.92. The van der Waals surface area contributed by atoms with E-state index in [-0.39, 0.29) is 11.4 Å². The molecule has 0 aliphatic carbocycles. The van der Waals surface area contributed by atoms with Gasteiger partial charge in [-0.1, -0.05) is 18.2 Å². The molecule has 156 valence electrons. The number of benzene rings is 3. The normalized spacial score (nSPS) is 11.2. The van der Waals surface area contributed by atoms with Gasteiger partial charge in [-0.05, 0) is 61.5 Å². The van der Waals surface area contributed by atoms with Gasteiger partial charge in [0, 0.05) is 17.0 Å². The molecule has 3 aromatic carbocycles. The second kappa shape index (κ2) is 8.75. The summed E-state index contributed by atoms with van der Waals surface area (Å²) in [7, 11) is 1.57. The van der Waals surface area contributed by atoms with E-state index in [1.54, 1.807) is 55.8 Å². The van der Waals surface area contributed by atoms with Gasteiger partial charge >= 0.3 is 0 Å². The fourth-order valence-electron chi connectivity index (χ4n) is 3.39. The highest BCUT2D eigenvalue weighted by molar-refractivity contribution is 6.02. The van der Waals surface area contributed by atoms with Gasteiger partial charge in [0.05, 0.1) is 30.7 Å². The van der Waals surface area contributed by atoms with Crippen molar-refractivity contribution in [3.63, 3.8) is 0 Å². The molecule has 6 heteroatoms. The highest BCUT2D eigenvalue weighted by atomic mass is 16.5. The first kappa shape index (κ1) is 20.2. The van der Waals surface area contributed by atoms with Gasteiger partial charge in [-0.15, -0.1) is 0 Å². The Kier molecular flexibility index (Phi) is 5.71. The standard InChI is InChI=1S/C25H22N2O4/c1-3-31-20-12-8-17(9-13-20)26-16-23-21-6-4-5-7-22(21)24(28)27(25(23)29)18-10-14-19(30-2)15-11-18/h4-16,29H,3H2,1-2H3. The van der Waals surface area contributed by atoms with Crippen LogP contribution in [0.1, 0.15) is 12.5 Å². The molecule has 0 spiro atoms. The molecule has 1 aromatic heterocycles. The summed E-state index contributed by atoms with van der Waals surface area (Å²) in [6.07, 6.45) is 1.58. The molecule has 4 rings (SSSR count). The minimum atomic E-state index is -0.309. The Hall–Kier alpha value is -4.06. The van der Waals surface area contributed by atoms with Gasteiger partial charge in [0.2, 0.25) is 5.88 Å². The lowest BCUT2D eigenvalue weighted by atomic mass is 10.1. The van der Waals surface area contributed by atoms with Crippen molar-refractivity contribution in [3.05, 3.63) is 88.7 Å². The highest BCUT2D eigenvalue weighted by Gasteiger charge is 2.16. The third kappa shape index (κ3) is 4.00. The number of aliphatic imine (C=N–C) groups is 1. The molecule has 0 radical (unpaired) electrons. The lowest BCUT2D eigenvalue weighted by Gasteiger charge is -2.14. The van der Waals surface area contributed by atoms with Gasteiger partial charge in [0.1, 0.15) is 11.5 Å². The number of pyridine rings is 1. The molecule has 0 atom stereocenters. The molecule has 0 fully saturated rings. The van der Waals surface area contributed by atoms with Crippen LogP contribution in [0.3, 0.4) is 0 Å². The first-order chi connectivity index (χ1) is 15.1. The fraction of sp³-hybridized carbons (Fsp3) is 0.120. The number of aromatic nitrogens is 1. The maximum Gasteiger partial charge on any atom is 0.265 e. The molecule has 4 aromatic rings. The van der Waals surface area contributed by atoms with Crippen LogP contribution in [-0.2, 0) is 0 Å². The number of hydrogen-bond acceptors (Lipinski definition) is 5. The second-order valence-electron chi connectivity index (χ2n) is 6.81. The lowest BCUT2D eigenvalue weighted by Crippen LogP contribution is -2.20. The fourth-order valence-corrected chi connectivity index (χ4v) is 3.39. The Bertz CT molecular complexity index is 1290. The Morgan fingerprint density at radius 1 is 0.935 bits per heavy atom. The number of hydrogen-bond donors (Lipinski definition) is 1. The van der Waals surface area contributed by atoms with Crippen molar-refractivity contribution in [3.8, 4) is 23.1 Å². The molecule has 6 nitrogen and oxygen atoms in total. The van der Waals surface area contributed by atoms with E-state index in [4.69, 9.17) is 9.47 Å². The Morgan fingerprint density at radius 2 is 1.58 bits per heavy atom. The summed E-state index contributed by atoms with van der Waals surface area (Å²) in [5.74, 6) is 1.25. The van der Waals surface area contributed by atoms with Gasteiger partial charge in [-0.25, -0.2) is 4.57 Å². The zero-order valence-electron chi connectivity index (χ0n) is 17.3. The molecule has 0 saturated heterocycles. The summed E-state index contributed by atoms with van der Waals surface area (Å²) in [6.45, 7) is 2.52. The Balaban J connectivity index is 1.85. The summed E-state index contributed by atoms with van der Waals surface area (Å²) >= 11 is 0. The maximum atomic E-state index is 13.1. The highest BCUT2D eigenvalue weighted by Crippen LogP contribution is 2.27. The number of methoxy groups -OCH3 is 1. The number of ether oxygens (including phenoxy) is 2. The van der Waals surface area contributed by atoms with E-state index in [9.17, 15) is 9.90 Å². The van der Waals surface area contributed by atoms with Crippen molar-refractivity contribution in [2.75, 3.05) is 13.7 Å². The van der Waals surface area contributed by atoms with Crippen LogP contribution < -0.4 is 15.0 Å². The predicted octanol–water partition coefficient (Wildman–Crippen LogP) is 4.85. The SMILES string of the molecule is CCOc1ccc(N=Cc2c(O)n(-c3ccc(OC)cc3)c(=O)c3ccccc23)cc1.